The van der Waals surface area contributed by atoms with Crippen molar-refractivity contribution in [3.05, 3.63) is 85.0 Å². The third-order valence-corrected chi connectivity index (χ3v) is 4.57. The van der Waals surface area contributed by atoms with Crippen LogP contribution in [0.2, 0.25) is 10.0 Å². The summed E-state index contributed by atoms with van der Waals surface area (Å²) >= 11 is 12.1. The molecule has 0 spiro atoms. The van der Waals surface area contributed by atoms with Gasteiger partial charge in [-0.05, 0) is 42.8 Å². The Bertz CT molecular complexity index is 1190. The largest absolute Gasteiger partial charge is 0.453 e. The minimum Gasteiger partial charge on any atom is -0.453 e. The lowest BCUT2D eigenvalue weighted by Gasteiger charge is -2.13. The zero-order valence-electron chi connectivity index (χ0n) is 15.1. The van der Waals surface area contributed by atoms with Crippen molar-refractivity contribution in [2.24, 2.45) is 0 Å². The highest BCUT2D eigenvalue weighted by atomic mass is 35.5. The number of benzene rings is 2. The molecule has 3 aromatic rings. The average molecular weight is 434 g/mol. The van der Waals surface area contributed by atoms with Crippen LogP contribution in [0.3, 0.4) is 0 Å². The maximum Gasteiger partial charge on any atom is 0.271 e. The van der Waals surface area contributed by atoms with Gasteiger partial charge in [-0.15, -0.1) is 0 Å². The van der Waals surface area contributed by atoms with E-state index in [1.807, 2.05) is 6.07 Å². The van der Waals surface area contributed by atoms with Crippen molar-refractivity contribution in [2.45, 2.75) is 20.1 Å². The van der Waals surface area contributed by atoms with Crippen LogP contribution in [-0.4, -0.2) is 14.9 Å². The monoisotopic (exact) mass is 433 g/mol. The van der Waals surface area contributed by atoms with Gasteiger partial charge in [0.1, 0.15) is 12.5 Å². The predicted octanol–water partition coefficient (Wildman–Crippen LogP) is 4.20. The van der Waals surface area contributed by atoms with E-state index in [1.54, 1.807) is 6.92 Å². The van der Waals surface area contributed by atoms with Crippen LogP contribution in [-0.2, 0) is 13.2 Å². The molecule has 9 heteroatoms. The second-order valence-electron chi connectivity index (χ2n) is 6.18. The lowest BCUT2D eigenvalue weighted by Crippen LogP contribution is -2.26. The third kappa shape index (κ3) is 4.57. The average Bonchev–Trinajstić information content (AvgIpc) is 2.69. The van der Waals surface area contributed by atoms with E-state index in [9.17, 15) is 9.90 Å². The topological polar surface area (TPSA) is 88.1 Å². The van der Waals surface area contributed by atoms with Gasteiger partial charge in [-0.2, -0.15) is 10.4 Å². The van der Waals surface area contributed by atoms with Crippen molar-refractivity contribution in [3.63, 3.8) is 0 Å². The molecule has 0 amide bonds. The molecule has 0 bridgehead atoms. The van der Waals surface area contributed by atoms with Gasteiger partial charge in [0.2, 0.25) is 0 Å². The van der Waals surface area contributed by atoms with E-state index >= 15 is 4.39 Å². The van der Waals surface area contributed by atoms with E-state index in [2.05, 4.69) is 5.10 Å². The number of ether oxygens (including phenoxy) is 1. The Morgan fingerprint density at radius 1 is 1.28 bits per heavy atom. The highest BCUT2D eigenvalue weighted by Gasteiger charge is 2.17. The van der Waals surface area contributed by atoms with Crippen molar-refractivity contribution >= 4 is 23.2 Å². The minimum absolute atomic E-state index is 0.0363. The number of aliphatic hydroxyl groups excluding tert-OH is 1. The zero-order chi connectivity index (χ0) is 21.1. The molecular formula is C20H14Cl2FN3O3. The van der Waals surface area contributed by atoms with Gasteiger partial charge in [-0.3, -0.25) is 4.79 Å². The van der Waals surface area contributed by atoms with Crippen LogP contribution >= 0.6 is 23.2 Å². The van der Waals surface area contributed by atoms with E-state index in [4.69, 9.17) is 33.2 Å². The number of aromatic nitrogens is 2. The third-order valence-electron chi connectivity index (χ3n) is 4.06. The zero-order valence-corrected chi connectivity index (χ0v) is 16.6. The summed E-state index contributed by atoms with van der Waals surface area (Å²) in [4.78, 5) is 11.8. The second kappa shape index (κ2) is 8.62. The Kier molecular flexibility index (Phi) is 6.18. The molecular weight excluding hydrogens is 420 g/mol. The van der Waals surface area contributed by atoms with Crippen LogP contribution in [0.4, 0.5) is 4.39 Å². The summed E-state index contributed by atoms with van der Waals surface area (Å²) < 4.78 is 21.6. The van der Waals surface area contributed by atoms with Gasteiger partial charge in [0.05, 0.1) is 22.3 Å². The molecule has 0 aliphatic carbocycles. The minimum atomic E-state index is -0.711. The first-order chi connectivity index (χ1) is 13.8. The van der Waals surface area contributed by atoms with E-state index in [1.165, 1.54) is 36.4 Å². The molecule has 1 heterocycles. The first kappa shape index (κ1) is 20.8. The molecule has 2 aromatic carbocycles. The van der Waals surface area contributed by atoms with E-state index in [0.29, 0.717) is 11.3 Å². The van der Waals surface area contributed by atoms with Crippen molar-refractivity contribution in [1.82, 2.24) is 9.78 Å². The van der Waals surface area contributed by atoms with E-state index in [-0.39, 0.29) is 39.1 Å². The van der Waals surface area contributed by atoms with Crippen molar-refractivity contribution < 1.29 is 14.2 Å². The molecule has 0 fully saturated rings. The molecule has 148 valence electrons. The fourth-order valence-corrected chi connectivity index (χ4v) is 3.14. The molecule has 29 heavy (non-hydrogen) atoms. The summed E-state index contributed by atoms with van der Waals surface area (Å²) in [6.07, 6.45) is 0.0411. The maximum atomic E-state index is 15.1. The Balaban J connectivity index is 1.98. The number of nitriles is 1. The molecule has 0 unspecified atom stereocenters. The normalized spacial score (nSPS) is 10.6. The van der Waals surface area contributed by atoms with Gasteiger partial charge in [-0.25, -0.2) is 9.07 Å². The van der Waals surface area contributed by atoms with Crippen LogP contribution in [0, 0.1) is 24.1 Å². The molecule has 1 aromatic heterocycles. The first-order valence-electron chi connectivity index (χ1n) is 8.36. The summed E-state index contributed by atoms with van der Waals surface area (Å²) in [7, 11) is 0. The Morgan fingerprint density at radius 2 is 2.03 bits per heavy atom. The predicted molar refractivity (Wildman–Crippen MR) is 106 cm³/mol. The summed E-state index contributed by atoms with van der Waals surface area (Å²) in [5.41, 5.74) is 0.815. The molecule has 0 atom stereocenters. The van der Waals surface area contributed by atoms with Gasteiger partial charge < -0.3 is 9.84 Å². The van der Waals surface area contributed by atoms with E-state index in [0.717, 1.165) is 4.68 Å². The standard InChI is InChI=1S/C20H14Cl2FN3O3/c1-11-4-15(25-26(10-27)20(11)28)7-13-2-3-17(22)19(18(13)23)29-16-6-12(9-24)5-14(21)8-16/h2-6,8,27H,7,10H2,1H3. The van der Waals surface area contributed by atoms with Crippen LogP contribution in [0.5, 0.6) is 11.5 Å². The Hall–Kier alpha value is -2.92. The summed E-state index contributed by atoms with van der Waals surface area (Å²) in [5.74, 6) is -0.769. The quantitative estimate of drug-likeness (QED) is 0.650. The highest BCUT2D eigenvalue weighted by molar-refractivity contribution is 6.32. The number of hydrogen-bond acceptors (Lipinski definition) is 5. The highest BCUT2D eigenvalue weighted by Crippen LogP contribution is 2.35. The molecule has 0 radical (unpaired) electrons. The molecule has 0 saturated carbocycles. The number of hydrogen-bond donors (Lipinski definition) is 1. The summed E-state index contributed by atoms with van der Waals surface area (Å²) in [5, 5.41) is 22.6. The molecule has 0 aliphatic heterocycles. The Morgan fingerprint density at radius 3 is 2.72 bits per heavy atom. The lowest BCUT2D eigenvalue weighted by molar-refractivity contribution is 0.187. The Labute approximate surface area is 175 Å². The number of nitrogens with zero attached hydrogens (tertiary/aromatic N) is 3. The fourth-order valence-electron chi connectivity index (χ4n) is 2.73. The summed E-state index contributed by atoms with van der Waals surface area (Å²) in [6, 6.07) is 10.7. The maximum absolute atomic E-state index is 15.1. The SMILES string of the molecule is Cc1cc(Cc2ccc(Cl)c(Oc3cc(Cl)cc(C#N)c3)c2F)nn(CO)c1=O. The van der Waals surface area contributed by atoms with Gasteiger partial charge in [0, 0.05) is 17.0 Å². The van der Waals surface area contributed by atoms with Crippen molar-refractivity contribution in [1.29, 1.82) is 5.26 Å². The van der Waals surface area contributed by atoms with Crippen molar-refractivity contribution in [2.75, 3.05) is 0 Å². The van der Waals surface area contributed by atoms with Gasteiger partial charge in [0.25, 0.3) is 5.56 Å². The molecule has 6 nitrogen and oxygen atoms in total. The van der Waals surface area contributed by atoms with Gasteiger partial charge in [-0.1, -0.05) is 29.3 Å². The molecule has 0 saturated heterocycles. The lowest BCUT2D eigenvalue weighted by atomic mass is 10.1. The summed E-state index contributed by atoms with van der Waals surface area (Å²) in [6.45, 7) is 0.999. The van der Waals surface area contributed by atoms with Crippen LogP contribution in [0.25, 0.3) is 0 Å². The van der Waals surface area contributed by atoms with E-state index < -0.39 is 18.1 Å². The molecule has 1 N–H and O–H groups in total. The number of rotatable bonds is 5. The van der Waals surface area contributed by atoms with Crippen LogP contribution in [0.15, 0.2) is 41.2 Å². The van der Waals surface area contributed by atoms with Gasteiger partial charge >= 0.3 is 0 Å². The molecule has 0 aliphatic rings. The fraction of sp³-hybridized carbons (Fsp3) is 0.150. The number of halogens is 3. The van der Waals surface area contributed by atoms with Crippen LogP contribution < -0.4 is 10.3 Å². The number of aliphatic hydroxyl groups is 1. The van der Waals surface area contributed by atoms with Gasteiger partial charge in [0.15, 0.2) is 11.6 Å². The number of aryl methyl sites for hydroxylation is 1. The second-order valence-corrected chi connectivity index (χ2v) is 7.02. The van der Waals surface area contributed by atoms with Crippen molar-refractivity contribution in [3.8, 4) is 17.6 Å². The molecule has 3 rings (SSSR count). The first-order valence-corrected chi connectivity index (χ1v) is 9.12. The van der Waals surface area contributed by atoms with Crippen LogP contribution in [0.1, 0.15) is 22.4 Å². The smallest absolute Gasteiger partial charge is 0.271 e.